The number of hydrogen-bond acceptors (Lipinski definition) is 4. The number of methoxy groups -OCH3 is 1. The molecule has 1 unspecified atom stereocenters. The fraction of sp³-hybridized carbons (Fsp3) is 0.222. The van der Waals surface area contributed by atoms with Gasteiger partial charge in [0.15, 0.2) is 6.10 Å². The number of ether oxygens (including phenoxy) is 2. The van der Waals surface area contributed by atoms with E-state index in [4.69, 9.17) is 9.47 Å². The molecule has 1 amide bonds. The van der Waals surface area contributed by atoms with Crippen LogP contribution in [-0.2, 0) is 4.79 Å². The van der Waals surface area contributed by atoms with Gasteiger partial charge in [0.05, 0.1) is 13.3 Å². The number of hydrogen-bond donors (Lipinski definition) is 1. The Hall–Kier alpha value is -2.82. The van der Waals surface area contributed by atoms with Crippen LogP contribution in [-0.4, -0.2) is 25.3 Å². The maximum absolute atomic E-state index is 12.0. The minimum absolute atomic E-state index is 0.309. The molecule has 0 bridgehead atoms. The van der Waals surface area contributed by atoms with Gasteiger partial charge in [0.25, 0.3) is 5.91 Å². The van der Waals surface area contributed by atoms with Gasteiger partial charge < -0.3 is 9.47 Å². The second kappa shape index (κ2) is 7.98. The third-order valence-corrected chi connectivity index (χ3v) is 3.18. The van der Waals surface area contributed by atoms with Crippen molar-refractivity contribution < 1.29 is 14.3 Å². The summed E-state index contributed by atoms with van der Waals surface area (Å²) >= 11 is 0. The van der Waals surface area contributed by atoms with Gasteiger partial charge in [-0.3, -0.25) is 4.79 Å². The predicted octanol–water partition coefficient (Wildman–Crippen LogP) is 2.92. The molecule has 1 N–H and O–H groups in total. The van der Waals surface area contributed by atoms with Gasteiger partial charge >= 0.3 is 0 Å². The minimum atomic E-state index is -0.634. The van der Waals surface area contributed by atoms with E-state index in [0.717, 1.165) is 16.9 Å². The van der Waals surface area contributed by atoms with Crippen LogP contribution in [0.15, 0.2) is 53.6 Å². The van der Waals surface area contributed by atoms with Crippen molar-refractivity contribution in [3.05, 3.63) is 59.7 Å². The third kappa shape index (κ3) is 5.14. The molecular weight excluding hydrogens is 292 g/mol. The summed E-state index contributed by atoms with van der Waals surface area (Å²) in [6.45, 7) is 3.65. The van der Waals surface area contributed by atoms with Crippen LogP contribution >= 0.6 is 0 Å². The normalized spacial score (nSPS) is 12.0. The van der Waals surface area contributed by atoms with Gasteiger partial charge in [0.2, 0.25) is 0 Å². The van der Waals surface area contributed by atoms with Crippen molar-refractivity contribution in [1.82, 2.24) is 5.43 Å². The predicted molar refractivity (Wildman–Crippen MR) is 90.0 cm³/mol. The van der Waals surface area contributed by atoms with Gasteiger partial charge in [-0.2, -0.15) is 5.10 Å². The van der Waals surface area contributed by atoms with Crippen molar-refractivity contribution in [2.45, 2.75) is 20.0 Å². The van der Waals surface area contributed by atoms with Gasteiger partial charge in [0.1, 0.15) is 11.5 Å². The summed E-state index contributed by atoms with van der Waals surface area (Å²) in [4.78, 5) is 12.0. The summed E-state index contributed by atoms with van der Waals surface area (Å²) < 4.78 is 10.7. The van der Waals surface area contributed by atoms with Crippen LogP contribution in [0, 0.1) is 6.92 Å². The molecule has 2 aromatic rings. The molecule has 0 aliphatic rings. The molecule has 0 saturated heterocycles. The van der Waals surface area contributed by atoms with E-state index in [9.17, 15) is 4.79 Å². The summed E-state index contributed by atoms with van der Waals surface area (Å²) in [5, 5.41) is 3.93. The van der Waals surface area contributed by atoms with Crippen molar-refractivity contribution in [2.24, 2.45) is 5.10 Å². The van der Waals surface area contributed by atoms with Crippen LogP contribution in [0.4, 0.5) is 0 Å². The monoisotopic (exact) mass is 312 g/mol. The zero-order chi connectivity index (χ0) is 16.7. The molecule has 5 heteroatoms. The van der Waals surface area contributed by atoms with Gasteiger partial charge in [-0.25, -0.2) is 5.43 Å². The van der Waals surface area contributed by atoms with Gasteiger partial charge in [-0.05, 0) is 61.4 Å². The molecule has 0 aromatic heterocycles. The SMILES string of the molecule is COc1ccc(C=NNC(=O)C(C)Oc2cccc(C)c2)cc1. The van der Waals surface area contributed by atoms with E-state index in [1.807, 2.05) is 55.5 Å². The second-order valence-corrected chi connectivity index (χ2v) is 5.08. The van der Waals surface area contributed by atoms with Crippen LogP contribution in [0.25, 0.3) is 0 Å². The van der Waals surface area contributed by atoms with Gasteiger partial charge in [0, 0.05) is 0 Å². The number of hydrazone groups is 1. The lowest BCUT2D eigenvalue weighted by atomic mass is 10.2. The Morgan fingerprint density at radius 3 is 2.57 bits per heavy atom. The molecule has 2 aromatic carbocycles. The number of carbonyl (C=O) groups excluding carboxylic acids is 1. The zero-order valence-electron chi connectivity index (χ0n) is 13.4. The van der Waals surface area contributed by atoms with Gasteiger partial charge in [-0.1, -0.05) is 12.1 Å². The Bertz CT molecular complexity index is 681. The Morgan fingerprint density at radius 1 is 1.17 bits per heavy atom. The maximum atomic E-state index is 12.0. The molecule has 5 nitrogen and oxygen atoms in total. The van der Waals surface area contributed by atoms with E-state index >= 15 is 0 Å². The lowest BCUT2D eigenvalue weighted by Gasteiger charge is -2.13. The number of carbonyl (C=O) groups is 1. The smallest absolute Gasteiger partial charge is 0.280 e. The van der Waals surface area contributed by atoms with Crippen molar-refractivity contribution >= 4 is 12.1 Å². The molecule has 0 fully saturated rings. The van der Waals surface area contributed by atoms with Crippen molar-refractivity contribution in [2.75, 3.05) is 7.11 Å². The number of amides is 1. The third-order valence-electron chi connectivity index (χ3n) is 3.18. The van der Waals surface area contributed by atoms with Crippen molar-refractivity contribution in [3.63, 3.8) is 0 Å². The number of nitrogens with one attached hydrogen (secondary N) is 1. The Balaban J connectivity index is 1.86. The molecule has 1 atom stereocenters. The summed E-state index contributed by atoms with van der Waals surface area (Å²) in [7, 11) is 1.61. The van der Waals surface area contributed by atoms with E-state index in [1.165, 1.54) is 0 Å². The van der Waals surface area contributed by atoms with Gasteiger partial charge in [-0.15, -0.1) is 0 Å². The van der Waals surface area contributed by atoms with Crippen LogP contribution < -0.4 is 14.9 Å². The number of aryl methyl sites for hydroxylation is 1. The van der Waals surface area contributed by atoms with E-state index in [-0.39, 0.29) is 5.91 Å². The second-order valence-electron chi connectivity index (χ2n) is 5.08. The molecule has 23 heavy (non-hydrogen) atoms. The van der Waals surface area contributed by atoms with Crippen molar-refractivity contribution in [1.29, 1.82) is 0 Å². The van der Waals surface area contributed by atoms with Crippen LogP contribution in [0.2, 0.25) is 0 Å². The first-order chi connectivity index (χ1) is 11.1. The fourth-order valence-electron chi connectivity index (χ4n) is 1.90. The molecule has 120 valence electrons. The average molecular weight is 312 g/mol. The number of benzene rings is 2. The maximum Gasteiger partial charge on any atom is 0.280 e. The van der Waals surface area contributed by atoms with Crippen LogP contribution in [0.3, 0.4) is 0 Å². The highest BCUT2D eigenvalue weighted by atomic mass is 16.5. The molecule has 2 rings (SSSR count). The first-order valence-corrected chi connectivity index (χ1v) is 7.29. The lowest BCUT2D eigenvalue weighted by molar-refractivity contribution is -0.127. The minimum Gasteiger partial charge on any atom is -0.497 e. The molecule has 0 aliphatic heterocycles. The lowest BCUT2D eigenvalue weighted by Crippen LogP contribution is -2.33. The quantitative estimate of drug-likeness (QED) is 0.659. The van der Waals surface area contributed by atoms with Crippen molar-refractivity contribution in [3.8, 4) is 11.5 Å². The summed E-state index contributed by atoms with van der Waals surface area (Å²) in [5.74, 6) is 1.12. The molecule has 0 radical (unpaired) electrons. The average Bonchev–Trinajstić information content (AvgIpc) is 2.55. The summed E-state index contributed by atoms with van der Waals surface area (Å²) in [6.07, 6.45) is 0.932. The Kier molecular flexibility index (Phi) is 5.74. The largest absolute Gasteiger partial charge is 0.497 e. The van der Waals surface area contributed by atoms with E-state index in [2.05, 4.69) is 10.5 Å². The zero-order valence-corrected chi connectivity index (χ0v) is 13.4. The van der Waals surface area contributed by atoms with Crippen LogP contribution in [0.5, 0.6) is 11.5 Å². The molecule has 0 heterocycles. The van der Waals surface area contributed by atoms with Crippen LogP contribution in [0.1, 0.15) is 18.1 Å². The molecule has 0 aliphatic carbocycles. The standard InChI is InChI=1S/C18H20N2O3/c1-13-5-4-6-17(11-13)23-14(2)18(21)20-19-12-15-7-9-16(22-3)10-8-15/h4-12,14H,1-3H3,(H,20,21). The summed E-state index contributed by atoms with van der Waals surface area (Å²) in [6, 6.07) is 14.9. The fourth-order valence-corrected chi connectivity index (χ4v) is 1.90. The number of rotatable bonds is 6. The highest BCUT2D eigenvalue weighted by Crippen LogP contribution is 2.14. The Morgan fingerprint density at radius 2 is 1.91 bits per heavy atom. The van der Waals surface area contributed by atoms with E-state index in [0.29, 0.717) is 5.75 Å². The highest BCUT2D eigenvalue weighted by Gasteiger charge is 2.13. The van der Waals surface area contributed by atoms with E-state index in [1.54, 1.807) is 20.2 Å². The molecule has 0 saturated carbocycles. The first kappa shape index (κ1) is 16.5. The topological polar surface area (TPSA) is 59.9 Å². The Labute approximate surface area is 135 Å². The molecular formula is C18H20N2O3. The summed E-state index contributed by atoms with van der Waals surface area (Å²) in [5.41, 5.74) is 4.40. The van der Waals surface area contributed by atoms with E-state index < -0.39 is 6.10 Å². The highest BCUT2D eigenvalue weighted by molar-refractivity contribution is 5.84. The number of nitrogens with zero attached hydrogens (tertiary/aromatic N) is 1. The first-order valence-electron chi connectivity index (χ1n) is 7.29. The molecule has 0 spiro atoms.